The van der Waals surface area contributed by atoms with E-state index < -0.39 is 5.54 Å². The molecule has 1 aliphatic carbocycles. The summed E-state index contributed by atoms with van der Waals surface area (Å²) in [5.41, 5.74) is 7.05. The number of hydrogen-bond donors (Lipinski definition) is 1. The fraction of sp³-hybridized carbons (Fsp3) is 0.409. The van der Waals surface area contributed by atoms with Gasteiger partial charge in [0.1, 0.15) is 29.2 Å². The molecule has 3 heterocycles. The maximum atomic E-state index is 12.7. The summed E-state index contributed by atoms with van der Waals surface area (Å²) in [4.78, 5) is 21.6. The SMILES string of the molecule is CC1(C)Oc2ccc(CC(=O)c3ccc(Cl)cn3)cc2[C@@]2(COC(N)=N2)C12CC2. The second kappa shape index (κ2) is 5.95. The summed E-state index contributed by atoms with van der Waals surface area (Å²) in [6, 6.07) is 9.39. The van der Waals surface area contributed by atoms with E-state index in [1.54, 1.807) is 12.1 Å². The van der Waals surface area contributed by atoms with Crippen LogP contribution in [0.5, 0.6) is 5.75 Å². The van der Waals surface area contributed by atoms with Gasteiger partial charge in [0.25, 0.3) is 6.02 Å². The second-order valence-corrected chi connectivity index (χ2v) is 9.02. The van der Waals surface area contributed by atoms with Crippen LogP contribution in [-0.2, 0) is 16.7 Å². The molecule has 2 aliphatic heterocycles. The number of fused-ring (bicyclic) bond motifs is 3. The summed E-state index contributed by atoms with van der Waals surface area (Å²) in [5.74, 6) is 0.704. The lowest BCUT2D eigenvalue weighted by atomic mass is 9.65. The van der Waals surface area contributed by atoms with Crippen LogP contribution in [-0.4, -0.2) is 29.0 Å². The minimum absolute atomic E-state index is 0.0699. The van der Waals surface area contributed by atoms with E-state index in [2.05, 4.69) is 18.8 Å². The number of amidine groups is 1. The topological polar surface area (TPSA) is 86.8 Å². The summed E-state index contributed by atoms with van der Waals surface area (Å²) >= 11 is 5.87. The Kier molecular flexibility index (Phi) is 3.78. The summed E-state index contributed by atoms with van der Waals surface area (Å²) in [6.07, 6.45) is 3.71. The molecule has 7 heteroatoms. The van der Waals surface area contributed by atoms with E-state index >= 15 is 0 Å². The zero-order valence-corrected chi connectivity index (χ0v) is 17.1. The van der Waals surface area contributed by atoms with Gasteiger partial charge in [-0.05, 0) is 56.5 Å². The second-order valence-electron chi connectivity index (χ2n) is 8.59. The van der Waals surface area contributed by atoms with Crippen molar-refractivity contribution in [3.63, 3.8) is 0 Å². The highest BCUT2D eigenvalue weighted by molar-refractivity contribution is 6.30. The molecule has 1 fully saturated rings. The first-order valence-electron chi connectivity index (χ1n) is 9.72. The minimum Gasteiger partial charge on any atom is -0.487 e. The molecule has 3 aliphatic rings. The Morgan fingerprint density at radius 1 is 1.24 bits per heavy atom. The fourth-order valence-electron chi connectivity index (χ4n) is 5.00. The van der Waals surface area contributed by atoms with Gasteiger partial charge < -0.3 is 15.2 Å². The molecule has 1 aromatic heterocycles. The van der Waals surface area contributed by atoms with E-state index in [1.165, 1.54) is 6.20 Å². The minimum atomic E-state index is -0.578. The van der Waals surface area contributed by atoms with Crippen molar-refractivity contribution in [2.75, 3.05) is 6.61 Å². The summed E-state index contributed by atoms with van der Waals surface area (Å²) < 4.78 is 12.1. The van der Waals surface area contributed by atoms with Crippen molar-refractivity contribution in [2.45, 2.75) is 44.2 Å². The van der Waals surface area contributed by atoms with Crippen molar-refractivity contribution >= 4 is 23.4 Å². The number of halogens is 1. The Labute approximate surface area is 174 Å². The number of aliphatic imine (C=N–C) groups is 1. The average molecular weight is 412 g/mol. The van der Waals surface area contributed by atoms with Gasteiger partial charge in [-0.15, -0.1) is 0 Å². The number of ether oxygens (including phenoxy) is 2. The number of ketones is 1. The van der Waals surface area contributed by atoms with Gasteiger partial charge in [0, 0.05) is 23.6 Å². The van der Waals surface area contributed by atoms with Crippen LogP contribution in [0.15, 0.2) is 41.5 Å². The molecule has 1 atom stereocenters. The van der Waals surface area contributed by atoms with Crippen LogP contribution in [0.2, 0.25) is 5.02 Å². The monoisotopic (exact) mass is 411 g/mol. The third-order valence-electron chi connectivity index (χ3n) is 6.66. The van der Waals surface area contributed by atoms with Gasteiger partial charge in [-0.1, -0.05) is 17.7 Å². The fourth-order valence-corrected chi connectivity index (χ4v) is 5.11. The molecule has 150 valence electrons. The van der Waals surface area contributed by atoms with E-state index in [0.717, 1.165) is 29.7 Å². The largest absolute Gasteiger partial charge is 0.487 e. The summed E-state index contributed by atoms with van der Waals surface area (Å²) in [5, 5.41) is 0.503. The number of nitrogens with two attached hydrogens (primary N) is 1. The molecule has 0 unspecified atom stereocenters. The van der Waals surface area contributed by atoms with Crippen LogP contribution in [0.4, 0.5) is 0 Å². The molecule has 2 aromatic rings. The van der Waals surface area contributed by atoms with Crippen LogP contribution in [0, 0.1) is 5.41 Å². The Balaban J connectivity index is 1.55. The Bertz CT molecular complexity index is 1040. The highest BCUT2D eigenvalue weighted by Gasteiger charge is 2.73. The van der Waals surface area contributed by atoms with Crippen LogP contribution < -0.4 is 10.5 Å². The zero-order valence-electron chi connectivity index (χ0n) is 16.4. The average Bonchev–Trinajstić information content (AvgIpc) is 3.41. The third-order valence-corrected chi connectivity index (χ3v) is 6.88. The molecular formula is C22H22ClN3O3. The molecule has 0 bridgehead atoms. The lowest BCUT2D eigenvalue weighted by Gasteiger charge is -2.49. The van der Waals surface area contributed by atoms with Crippen molar-refractivity contribution in [3.8, 4) is 5.75 Å². The number of carbonyl (C=O) groups excluding carboxylic acids is 1. The number of rotatable bonds is 3. The molecule has 0 radical (unpaired) electrons. The van der Waals surface area contributed by atoms with Crippen LogP contribution in [0.1, 0.15) is 48.3 Å². The Morgan fingerprint density at radius 2 is 2.03 bits per heavy atom. The molecule has 1 saturated carbocycles. The standard InChI is InChI=1S/C22H22ClN3O3/c1-20(2)21(7-8-21)22(12-28-19(24)26-22)15-9-13(3-6-18(15)29-20)10-17(27)16-5-4-14(23)11-25-16/h3-6,9,11H,7-8,10,12H2,1-2H3,(H2,24,26)/t22-/m0/s1. The molecule has 2 N–H and O–H groups in total. The number of benzene rings is 1. The van der Waals surface area contributed by atoms with Crippen molar-refractivity contribution in [3.05, 3.63) is 58.4 Å². The van der Waals surface area contributed by atoms with Crippen LogP contribution >= 0.6 is 11.6 Å². The predicted octanol–water partition coefficient (Wildman–Crippen LogP) is 3.65. The van der Waals surface area contributed by atoms with Gasteiger partial charge in [-0.2, -0.15) is 0 Å². The van der Waals surface area contributed by atoms with E-state index in [-0.39, 0.29) is 29.2 Å². The number of pyridine rings is 1. The van der Waals surface area contributed by atoms with Gasteiger partial charge in [0.2, 0.25) is 0 Å². The summed E-state index contributed by atoms with van der Waals surface area (Å²) in [7, 11) is 0. The molecule has 5 rings (SSSR count). The number of Topliss-reactive ketones (excluding diaryl/α,β-unsaturated/α-hetero) is 1. The van der Waals surface area contributed by atoms with Crippen LogP contribution in [0.25, 0.3) is 0 Å². The van der Waals surface area contributed by atoms with Crippen molar-refractivity contribution in [2.24, 2.45) is 16.1 Å². The number of hydrogen-bond acceptors (Lipinski definition) is 6. The molecule has 29 heavy (non-hydrogen) atoms. The first-order chi connectivity index (χ1) is 13.8. The van der Waals surface area contributed by atoms with Crippen molar-refractivity contribution in [1.29, 1.82) is 0 Å². The maximum Gasteiger partial charge on any atom is 0.283 e. The number of aromatic nitrogens is 1. The van der Waals surface area contributed by atoms with Gasteiger partial charge in [0.05, 0.1) is 5.02 Å². The smallest absolute Gasteiger partial charge is 0.283 e. The Hall–Kier alpha value is -2.60. The predicted molar refractivity (Wildman–Crippen MR) is 109 cm³/mol. The molecular weight excluding hydrogens is 390 g/mol. The zero-order chi connectivity index (χ0) is 20.4. The summed E-state index contributed by atoms with van der Waals surface area (Å²) in [6.45, 7) is 4.62. The van der Waals surface area contributed by atoms with Crippen molar-refractivity contribution in [1.82, 2.24) is 4.98 Å². The number of nitrogens with zero attached hydrogens (tertiary/aromatic N) is 2. The molecule has 2 spiro atoms. The number of carbonyl (C=O) groups is 1. The lowest BCUT2D eigenvalue weighted by molar-refractivity contribution is -0.0478. The van der Waals surface area contributed by atoms with Crippen molar-refractivity contribution < 1.29 is 14.3 Å². The van der Waals surface area contributed by atoms with Crippen LogP contribution in [0.3, 0.4) is 0 Å². The van der Waals surface area contributed by atoms with Gasteiger partial charge in [0.15, 0.2) is 5.78 Å². The molecule has 0 saturated heterocycles. The molecule has 0 amide bonds. The lowest BCUT2D eigenvalue weighted by Crippen LogP contribution is -2.55. The van der Waals surface area contributed by atoms with E-state index in [1.807, 2.05) is 18.2 Å². The first-order valence-corrected chi connectivity index (χ1v) is 10.1. The highest BCUT2D eigenvalue weighted by Crippen LogP contribution is 2.71. The first kappa shape index (κ1) is 18.4. The Morgan fingerprint density at radius 3 is 2.66 bits per heavy atom. The maximum absolute atomic E-state index is 12.7. The van der Waals surface area contributed by atoms with E-state index in [4.69, 9.17) is 31.8 Å². The van der Waals surface area contributed by atoms with Gasteiger partial charge in [-0.25, -0.2) is 4.99 Å². The highest BCUT2D eigenvalue weighted by atomic mass is 35.5. The molecule has 1 aromatic carbocycles. The molecule has 6 nitrogen and oxygen atoms in total. The van der Waals surface area contributed by atoms with Gasteiger partial charge >= 0.3 is 0 Å². The van der Waals surface area contributed by atoms with E-state index in [0.29, 0.717) is 17.3 Å². The third kappa shape index (κ3) is 2.58. The van der Waals surface area contributed by atoms with E-state index in [9.17, 15) is 4.79 Å². The normalized spacial score (nSPS) is 25.1. The quantitative estimate of drug-likeness (QED) is 0.779. The van der Waals surface area contributed by atoms with Gasteiger partial charge in [-0.3, -0.25) is 9.78 Å².